The molecule has 0 aliphatic carbocycles. The van der Waals surface area contributed by atoms with Gasteiger partial charge in [-0.1, -0.05) is 97.1 Å². The fourth-order valence-corrected chi connectivity index (χ4v) is 6.02. The summed E-state index contributed by atoms with van der Waals surface area (Å²) in [5.41, 5.74) is 6.01. The van der Waals surface area contributed by atoms with E-state index in [2.05, 4.69) is 9.13 Å². The second kappa shape index (κ2) is 8.29. The largest absolute Gasteiger partial charge is 0.343 e. The standard InChI is InChI=1S/C34H24N2O2/c1-35-25-19-11-9-17-23(25)27-30(34(38)22-15-7-4-8-16-22)32-28(24-18-10-12-20-26(24)36(32)2)29(31(27)35)33(37)21-13-5-3-6-14-21/h3-20H,1-2H3. The molecule has 0 atom stereocenters. The number of hydrogen-bond acceptors (Lipinski definition) is 2. The third kappa shape index (κ3) is 2.97. The second-order valence-electron chi connectivity index (χ2n) is 9.74. The molecular formula is C34H24N2O2. The number of aryl methyl sites for hydroxylation is 2. The highest BCUT2D eigenvalue weighted by Crippen LogP contribution is 2.44. The van der Waals surface area contributed by atoms with Crippen molar-refractivity contribution < 1.29 is 9.59 Å². The van der Waals surface area contributed by atoms with Crippen molar-refractivity contribution >= 4 is 55.2 Å². The van der Waals surface area contributed by atoms with E-state index in [4.69, 9.17) is 0 Å². The van der Waals surface area contributed by atoms with Gasteiger partial charge in [-0.05, 0) is 12.1 Å². The Labute approximate surface area is 219 Å². The Hall–Kier alpha value is -4.96. The maximum absolute atomic E-state index is 14.4. The quantitative estimate of drug-likeness (QED) is 0.240. The number of hydrogen-bond donors (Lipinski definition) is 0. The first-order valence-corrected chi connectivity index (χ1v) is 12.7. The predicted octanol–water partition coefficient (Wildman–Crippen LogP) is 7.44. The van der Waals surface area contributed by atoms with Crippen LogP contribution in [0, 0.1) is 0 Å². The molecule has 0 aliphatic heterocycles. The molecule has 0 spiro atoms. The summed E-state index contributed by atoms with van der Waals surface area (Å²) in [7, 11) is 3.97. The number of benzene rings is 5. The van der Waals surface area contributed by atoms with Crippen LogP contribution < -0.4 is 0 Å². The van der Waals surface area contributed by atoms with Gasteiger partial charge in [0.2, 0.25) is 0 Å². The Morgan fingerprint density at radius 3 is 1.21 bits per heavy atom. The van der Waals surface area contributed by atoms with Crippen LogP contribution in [-0.2, 0) is 14.1 Å². The first kappa shape index (κ1) is 22.3. The van der Waals surface area contributed by atoms with Gasteiger partial charge >= 0.3 is 0 Å². The Kier molecular flexibility index (Phi) is 4.85. The highest BCUT2D eigenvalue weighted by Gasteiger charge is 2.31. The number of para-hydroxylation sites is 2. The third-order valence-corrected chi connectivity index (χ3v) is 7.71. The molecule has 0 fully saturated rings. The molecule has 0 bridgehead atoms. The lowest BCUT2D eigenvalue weighted by atomic mass is 9.89. The van der Waals surface area contributed by atoms with Gasteiger partial charge in [0, 0.05) is 57.8 Å². The molecule has 0 saturated heterocycles. The van der Waals surface area contributed by atoms with Gasteiger partial charge in [-0.2, -0.15) is 0 Å². The molecule has 5 aromatic carbocycles. The van der Waals surface area contributed by atoms with Crippen LogP contribution in [0.3, 0.4) is 0 Å². The van der Waals surface area contributed by atoms with Crippen LogP contribution >= 0.6 is 0 Å². The van der Waals surface area contributed by atoms with Gasteiger partial charge in [0.25, 0.3) is 0 Å². The molecule has 2 heterocycles. The molecule has 38 heavy (non-hydrogen) atoms. The minimum absolute atomic E-state index is 0.0541. The van der Waals surface area contributed by atoms with E-state index in [1.165, 1.54) is 0 Å². The van der Waals surface area contributed by atoms with Crippen LogP contribution in [0.25, 0.3) is 43.6 Å². The normalized spacial score (nSPS) is 11.6. The zero-order valence-electron chi connectivity index (χ0n) is 21.1. The van der Waals surface area contributed by atoms with Crippen LogP contribution in [0.4, 0.5) is 0 Å². The lowest BCUT2D eigenvalue weighted by Gasteiger charge is -2.14. The zero-order valence-corrected chi connectivity index (χ0v) is 21.1. The molecule has 0 radical (unpaired) electrons. The van der Waals surface area contributed by atoms with E-state index >= 15 is 0 Å². The minimum atomic E-state index is -0.0541. The number of ketones is 2. The number of carbonyl (C=O) groups excluding carboxylic acids is 2. The molecule has 0 amide bonds. The molecule has 4 nitrogen and oxygen atoms in total. The molecule has 0 saturated carbocycles. The Morgan fingerprint density at radius 2 is 0.816 bits per heavy atom. The summed E-state index contributed by atoms with van der Waals surface area (Å²) in [5, 5.41) is 3.54. The molecule has 182 valence electrons. The minimum Gasteiger partial charge on any atom is -0.343 e. The molecular weight excluding hydrogens is 468 g/mol. The van der Waals surface area contributed by atoms with E-state index in [1.54, 1.807) is 0 Å². The Balaban J connectivity index is 1.79. The molecule has 7 aromatic rings. The SMILES string of the molecule is Cn1c2ccccc2c2c(C(=O)c3ccccc3)c3c(c(C(=O)c4ccccc4)c21)c1ccccc1n3C. The lowest BCUT2D eigenvalue weighted by Crippen LogP contribution is -2.10. The summed E-state index contributed by atoms with van der Waals surface area (Å²) in [6.07, 6.45) is 0. The van der Waals surface area contributed by atoms with E-state index in [-0.39, 0.29) is 11.6 Å². The first-order valence-electron chi connectivity index (χ1n) is 12.7. The average Bonchev–Trinajstić information content (AvgIpc) is 3.44. The maximum Gasteiger partial charge on any atom is 0.195 e. The number of nitrogens with zero attached hydrogens (tertiary/aromatic N) is 2. The van der Waals surface area contributed by atoms with Crippen LogP contribution in [0.1, 0.15) is 31.8 Å². The predicted molar refractivity (Wildman–Crippen MR) is 154 cm³/mol. The number of rotatable bonds is 4. The van der Waals surface area contributed by atoms with Crippen LogP contribution in [-0.4, -0.2) is 20.7 Å². The van der Waals surface area contributed by atoms with Crippen LogP contribution in [0.15, 0.2) is 109 Å². The Bertz CT molecular complexity index is 1910. The first-order chi connectivity index (χ1) is 18.6. The second-order valence-corrected chi connectivity index (χ2v) is 9.74. The van der Waals surface area contributed by atoms with Crippen LogP contribution in [0.2, 0.25) is 0 Å². The van der Waals surface area contributed by atoms with Crippen molar-refractivity contribution in [2.24, 2.45) is 14.1 Å². The van der Waals surface area contributed by atoms with Crippen molar-refractivity contribution in [2.45, 2.75) is 0 Å². The third-order valence-electron chi connectivity index (χ3n) is 7.71. The van der Waals surface area contributed by atoms with Crippen molar-refractivity contribution in [3.05, 3.63) is 131 Å². The highest BCUT2D eigenvalue weighted by molar-refractivity contribution is 6.38. The van der Waals surface area contributed by atoms with Crippen molar-refractivity contribution in [1.82, 2.24) is 9.13 Å². The van der Waals surface area contributed by atoms with Crippen molar-refractivity contribution in [3.8, 4) is 0 Å². The summed E-state index contributed by atoms with van der Waals surface area (Å²) in [5.74, 6) is -0.108. The van der Waals surface area contributed by atoms with Crippen molar-refractivity contribution in [1.29, 1.82) is 0 Å². The molecule has 2 aromatic heterocycles. The molecule has 0 aliphatic rings. The monoisotopic (exact) mass is 492 g/mol. The van der Waals surface area contributed by atoms with E-state index in [0.717, 1.165) is 43.6 Å². The Morgan fingerprint density at radius 1 is 0.474 bits per heavy atom. The lowest BCUT2D eigenvalue weighted by molar-refractivity contribution is 0.103. The summed E-state index contributed by atoms with van der Waals surface area (Å²) >= 11 is 0. The summed E-state index contributed by atoms with van der Waals surface area (Å²) in [6, 6.07) is 35.0. The van der Waals surface area contributed by atoms with Gasteiger partial charge in [0.05, 0.1) is 22.2 Å². The summed E-state index contributed by atoms with van der Waals surface area (Å²) < 4.78 is 4.15. The van der Waals surface area contributed by atoms with Gasteiger partial charge in [-0.25, -0.2) is 0 Å². The average molecular weight is 493 g/mol. The van der Waals surface area contributed by atoms with Crippen molar-refractivity contribution in [2.75, 3.05) is 0 Å². The van der Waals surface area contributed by atoms with E-state index < -0.39 is 0 Å². The number of carbonyl (C=O) groups is 2. The van der Waals surface area contributed by atoms with Gasteiger partial charge in [-0.3, -0.25) is 9.59 Å². The van der Waals surface area contributed by atoms with Gasteiger partial charge in [0.15, 0.2) is 11.6 Å². The van der Waals surface area contributed by atoms with E-state index in [9.17, 15) is 9.59 Å². The van der Waals surface area contributed by atoms with Gasteiger partial charge < -0.3 is 9.13 Å². The van der Waals surface area contributed by atoms with Gasteiger partial charge in [0.1, 0.15) is 0 Å². The number of aromatic nitrogens is 2. The fourth-order valence-electron chi connectivity index (χ4n) is 6.02. The zero-order chi connectivity index (χ0) is 26.0. The summed E-state index contributed by atoms with van der Waals surface area (Å²) in [4.78, 5) is 28.8. The fraction of sp³-hybridized carbons (Fsp3) is 0.0588. The van der Waals surface area contributed by atoms with Gasteiger partial charge in [-0.15, -0.1) is 0 Å². The summed E-state index contributed by atoms with van der Waals surface area (Å²) in [6.45, 7) is 0. The maximum atomic E-state index is 14.4. The van der Waals surface area contributed by atoms with E-state index in [1.807, 2.05) is 123 Å². The molecule has 0 N–H and O–H groups in total. The van der Waals surface area contributed by atoms with Crippen molar-refractivity contribution in [3.63, 3.8) is 0 Å². The van der Waals surface area contributed by atoms with Crippen LogP contribution in [0.5, 0.6) is 0 Å². The molecule has 0 unspecified atom stereocenters. The smallest absolute Gasteiger partial charge is 0.195 e. The molecule has 7 rings (SSSR count). The van der Waals surface area contributed by atoms with E-state index in [0.29, 0.717) is 22.3 Å². The topological polar surface area (TPSA) is 44.0 Å². The number of fused-ring (bicyclic) bond motifs is 6. The molecule has 4 heteroatoms. The highest BCUT2D eigenvalue weighted by atomic mass is 16.1.